The normalized spacial score (nSPS) is 11.2. The summed E-state index contributed by atoms with van der Waals surface area (Å²) >= 11 is 7.16. The van der Waals surface area contributed by atoms with Crippen LogP contribution in [0.25, 0.3) is 0 Å². The van der Waals surface area contributed by atoms with Crippen molar-refractivity contribution in [2.75, 3.05) is 10.0 Å². The third-order valence-electron chi connectivity index (χ3n) is 3.85. The molecule has 0 bridgehead atoms. The Hall–Kier alpha value is -2.42. The van der Waals surface area contributed by atoms with Crippen molar-refractivity contribution in [3.8, 4) is 0 Å². The lowest BCUT2D eigenvalue weighted by Crippen LogP contribution is -2.15. The average Bonchev–Trinajstić information content (AvgIpc) is 3.05. The van der Waals surface area contributed by atoms with Crippen molar-refractivity contribution in [2.45, 2.75) is 25.2 Å². The van der Waals surface area contributed by atoms with Gasteiger partial charge < -0.3 is 5.32 Å². The van der Waals surface area contributed by atoms with Crippen molar-refractivity contribution < 1.29 is 13.2 Å². The predicted octanol–water partition coefficient (Wildman–Crippen LogP) is 4.72. The first-order valence-corrected chi connectivity index (χ1v) is 11.1. The van der Waals surface area contributed by atoms with Crippen LogP contribution in [0.2, 0.25) is 5.02 Å². The second kappa shape index (κ2) is 8.30. The smallest absolute Gasteiger partial charge is 0.267 e. The number of aromatic nitrogens is 1. The average molecular weight is 436 g/mol. The van der Waals surface area contributed by atoms with Crippen LogP contribution < -0.4 is 10.0 Å². The zero-order valence-corrected chi connectivity index (χ0v) is 17.6. The van der Waals surface area contributed by atoms with Gasteiger partial charge in [-0.05, 0) is 55.8 Å². The maximum Gasteiger partial charge on any atom is 0.267 e. The standard InChI is InChI=1S/C19H18ClN3O3S2/c1-3-17-21-12(2)18(27-17)19(24)22-15-5-4-6-16(11-15)28(25,26)23-14-9-7-13(20)8-10-14/h4-11,23H,3H2,1-2H3,(H,22,24). The van der Waals surface area contributed by atoms with Gasteiger partial charge in [0.25, 0.3) is 15.9 Å². The number of sulfonamides is 1. The van der Waals surface area contributed by atoms with Gasteiger partial charge in [0.2, 0.25) is 0 Å². The van der Waals surface area contributed by atoms with E-state index in [1.54, 1.807) is 43.3 Å². The summed E-state index contributed by atoms with van der Waals surface area (Å²) in [6.07, 6.45) is 0.753. The Morgan fingerprint density at radius 3 is 2.50 bits per heavy atom. The van der Waals surface area contributed by atoms with E-state index in [4.69, 9.17) is 11.6 Å². The maximum atomic E-state index is 12.6. The summed E-state index contributed by atoms with van der Waals surface area (Å²) in [5.41, 5.74) is 1.44. The molecule has 6 nitrogen and oxygen atoms in total. The molecule has 0 radical (unpaired) electrons. The lowest BCUT2D eigenvalue weighted by Gasteiger charge is -2.10. The van der Waals surface area contributed by atoms with E-state index >= 15 is 0 Å². The van der Waals surface area contributed by atoms with E-state index in [2.05, 4.69) is 15.0 Å². The minimum atomic E-state index is -3.81. The van der Waals surface area contributed by atoms with Gasteiger partial charge in [0.15, 0.2) is 0 Å². The molecule has 0 saturated carbocycles. The van der Waals surface area contributed by atoms with Crippen molar-refractivity contribution in [1.82, 2.24) is 4.98 Å². The van der Waals surface area contributed by atoms with E-state index in [1.165, 1.54) is 23.5 Å². The molecule has 3 rings (SSSR count). The Balaban J connectivity index is 1.80. The Bertz CT molecular complexity index is 1110. The molecule has 28 heavy (non-hydrogen) atoms. The number of amides is 1. The van der Waals surface area contributed by atoms with E-state index in [0.29, 0.717) is 27.0 Å². The number of halogens is 1. The highest BCUT2D eigenvalue weighted by atomic mass is 35.5. The Morgan fingerprint density at radius 2 is 1.86 bits per heavy atom. The molecular formula is C19H18ClN3O3S2. The second-order valence-electron chi connectivity index (χ2n) is 5.97. The number of thiazole rings is 1. The molecule has 0 spiro atoms. The number of carbonyl (C=O) groups is 1. The van der Waals surface area contributed by atoms with Crippen molar-refractivity contribution >= 4 is 50.2 Å². The first kappa shape index (κ1) is 20.3. The number of anilines is 2. The van der Waals surface area contributed by atoms with Gasteiger partial charge in [-0.3, -0.25) is 9.52 Å². The molecule has 0 atom stereocenters. The van der Waals surface area contributed by atoms with Crippen LogP contribution in [0.4, 0.5) is 11.4 Å². The largest absolute Gasteiger partial charge is 0.321 e. The van der Waals surface area contributed by atoms with E-state index < -0.39 is 10.0 Å². The second-order valence-corrected chi connectivity index (χ2v) is 9.17. The monoisotopic (exact) mass is 435 g/mol. The third kappa shape index (κ3) is 4.70. The van der Waals surface area contributed by atoms with Crippen LogP contribution in [0.3, 0.4) is 0 Å². The van der Waals surface area contributed by atoms with Crippen molar-refractivity contribution in [3.63, 3.8) is 0 Å². The van der Waals surface area contributed by atoms with Crippen LogP contribution in [0.5, 0.6) is 0 Å². The molecular weight excluding hydrogens is 418 g/mol. The van der Waals surface area contributed by atoms with E-state index in [9.17, 15) is 13.2 Å². The summed E-state index contributed by atoms with van der Waals surface area (Å²) in [5, 5.41) is 4.13. The summed E-state index contributed by atoms with van der Waals surface area (Å²) in [5.74, 6) is -0.310. The van der Waals surface area contributed by atoms with Crippen LogP contribution in [-0.4, -0.2) is 19.3 Å². The molecule has 0 unspecified atom stereocenters. The van der Waals surface area contributed by atoms with Crippen molar-refractivity contribution in [2.24, 2.45) is 0 Å². The summed E-state index contributed by atoms with van der Waals surface area (Å²) in [6, 6.07) is 12.4. The van der Waals surface area contributed by atoms with Gasteiger partial charge in [-0.15, -0.1) is 11.3 Å². The molecule has 1 amide bonds. The fourth-order valence-corrected chi connectivity index (χ4v) is 4.60. The zero-order chi connectivity index (χ0) is 20.3. The van der Waals surface area contributed by atoms with Gasteiger partial charge in [0.05, 0.1) is 15.6 Å². The minimum absolute atomic E-state index is 0.0375. The highest BCUT2D eigenvalue weighted by Crippen LogP contribution is 2.23. The molecule has 2 aromatic carbocycles. The third-order valence-corrected chi connectivity index (χ3v) is 6.78. The molecule has 0 aliphatic rings. The molecule has 146 valence electrons. The fourth-order valence-electron chi connectivity index (χ4n) is 2.48. The van der Waals surface area contributed by atoms with E-state index in [-0.39, 0.29) is 10.8 Å². The number of hydrogen-bond acceptors (Lipinski definition) is 5. The summed E-state index contributed by atoms with van der Waals surface area (Å²) < 4.78 is 27.7. The van der Waals surface area contributed by atoms with Gasteiger partial charge in [-0.1, -0.05) is 24.6 Å². The van der Waals surface area contributed by atoms with Crippen LogP contribution in [0, 0.1) is 6.92 Å². The predicted molar refractivity (Wildman–Crippen MR) is 113 cm³/mol. The van der Waals surface area contributed by atoms with Gasteiger partial charge in [0.1, 0.15) is 4.88 Å². The SMILES string of the molecule is CCc1nc(C)c(C(=O)Nc2cccc(S(=O)(=O)Nc3ccc(Cl)cc3)c2)s1. The lowest BCUT2D eigenvalue weighted by atomic mass is 10.3. The topological polar surface area (TPSA) is 88.2 Å². The van der Waals surface area contributed by atoms with Crippen molar-refractivity contribution in [3.05, 3.63) is 69.1 Å². The number of hydrogen-bond donors (Lipinski definition) is 2. The van der Waals surface area contributed by atoms with Gasteiger partial charge in [-0.2, -0.15) is 0 Å². The Kier molecular flexibility index (Phi) is 6.02. The summed E-state index contributed by atoms with van der Waals surface area (Å²) in [7, 11) is -3.81. The number of nitrogens with one attached hydrogen (secondary N) is 2. The molecule has 3 aromatic rings. The van der Waals surface area contributed by atoms with Crippen LogP contribution in [0.15, 0.2) is 53.4 Å². The van der Waals surface area contributed by atoms with Crippen LogP contribution >= 0.6 is 22.9 Å². The molecule has 1 aromatic heterocycles. The minimum Gasteiger partial charge on any atom is -0.321 e. The number of carbonyl (C=O) groups excluding carboxylic acids is 1. The molecule has 2 N–H and O–H groups in total. The van der Waals surface area contributed by atoms with E-state index in [1.807, 2.05) is 6.92 Å². The summed E-state index contributed by atoms with van der Waals surface area (Å²) in [4.78, 5) is 17.4. The lowest BCUT2D eigenvalue weighted by molar-refractivity contribution is 0.102. The molecule has 1 heterocycles. The molecule has 9 heteroatoms. The number of benzene rings is 2. The van der Waals surface area contributed by atoms with Gasteiger partial charge >= 0.3 is 0 Å². The number of rotatable bonds is 6. The number of nitrogens with zero attached hydrogens (tertiary/aromatic N) is 1. The van der Waals surface area contributed by atoms with Crippen LogP contribution in [0.1, 0.15) is 27.3 Å². The molecule has 0 aliphatic heterocycles. The molecule has 0 aliphatic carbocycles. The van der Waals surface area contributed by atoms with Gasteiger partial charge in [-0.25, -0.2) is 13.4 Å². The maximum absolute atomic E-state index is 12.6. The zero-order valence-electron chi connectivity index (χ0n) is 15.2. The molecule has 0 fully saturated rings. The number of aryl methyl sites for hydroxylation is 2. The first-order valence-electron chi connectivity index (χ1n) is 8.44. The quantitative estimate of drug-likeness (QED) is 0.586. The molecule has 0 saturated heterocycles. The summed E-state index contributed by atoms with van der Waals surface area (Å²) in [6.45, 7) is 3.75. The Morgan fingerprint density at radius 1 is 1.14 bits per heavy atom. The van der Waals surface area contributed by atoms with Gasteiger partial charge in [0, 0.05) is 16.4 Å². The Labute approximate surface area is 172 Å². The first-order chi connectivity index (χ1) is 13.3. The highest BCUT2D eigenvalue weighted by Gasteiger charge is 2.18. The highest BCUT2D eigenvalue weighted by molar-refractivity contribution is 7.92. The fraction of sp³-hybridized carbons (Fsp3) is 0.158. The van der Waals surface area contributed by atoms with Crippen molar-refractivity contribution in [1.29, 1.82) is 0 Å². The van der Waals surface area contributed by atoms with Crippen LogP contribution in [-0.2, 0) is 16.4 Å². The van der Waals surface area contributed by atoms with E-state index in [0.717, 1.165) is 11.4 Å².